The third-order valence-corrected chi connectivity index (χ3v) is 2.98. The topological polar surface area (TPSA) is 62.5 Å². The average Bonchev–Trinajstić information content (AvgIpc) is 3.09. The molecule has 1 aliphatic carbocycles. The number of amides is 1. The number of carbonyl (C=O) groups is 1. The second-order valence-corrected chi connectivity index (χ2v) is 4.75. The van der Waals surface area contributed by atoms with Crippen molar-refractivity contribution in [2.45, 2.75) is 12.8 Å². The van der Waals surface area contributed by atoms with E-state index in [1.54, 1.807) is 4.52 Å². The molecule has 2 heterocycles. The van der Waals surface area contributed by atoms with Gasteiger partial charge in [-0.1, -0.05) is 6.07 Å². The summed E-state index contributed by atoms with van der Waals surface area (Å²) in [5, 5.41) is 7.07. The molecule has 1 fully saturated rings. The van der Waals surface area contributed by atoms with Crippen LogP contribution in [0, 0.1) is 5.92 Å². The summed E-state index contributed by atoms with van der Waals surface area (Å²) in [6.07, 6.45) is 1.95. The minimum atomic E-state index is 0.0253. The van der Waals surface area contributed by atoms with Gasteiger partial charge in [0.25, 0.3) is 0 Å². The number of rotatable bonds is 3. The van der Waals surface area contributed by atoms with Gasteiger partial charge in [-0.3, -0.25) is 10.1 Å². The minimum absolute atomic E-state index is 0.0253. The van der Waals surface area contributed by atoms with Crippen LogP contribution in [0.15, 0.2) is 18.2 Å². The van der Waals surface area contributed by atoms with Gasteiger partial charge in [0.05, 0.1) is 0 Å². The summed E-state index contributed by atoms with van der Waals surface area (Å²) in [4.78, 5) is 17.9. The van der Waals surface area contributed by atoms with Crippen molar-refractivity contribution in [1.82, 2.24) is 14.6 Å². The van der Waals surface area contributed by atoms with Gasteiger partial charge in [-0.15, -0.1) is 5.10 Å². The summed E-state index contributed by atoms with van der Waals surface area (Å²) < 4.78 is 1.72. The van der Waals surface area contributed by atoms with Crippen molar-refractivity contribution in [3.05, 3.63) is 18.2 Å². The first-order valence-electron chi connectivity index (χ1n) is 5.99. The molecule has 0 bridgehead atoms. The van der Waals surface area contributed by atoms with Crippen molar-refractivity contribution >= 4 is 23.3 Å². The lowest BCUT2D eigenvalue weighted by molar-refractivity contribution is -0.117. The number of anilines is 2. The normalized spacial score (nSPS) is 14.8. The molecule has 94 valence electrons. The molecule has 2 aromatic rings. The number of aromatic nitrogens is 3. The smallest absolute Gasteiger partial charge is 0.249 e. The van der Waals surface area contributed by atoms with Crippen molar-refractivity contribution in [2.24, 2.45) is 5.92 Å². The van der Waals surface area contributed by atoms with E-state index in [-0.39, 0.29) is 11.8 Å². The molecule has 18 heavy (non-hydrogen) atoms. The SMILES string of the molecule is CN(C)c1cccc2nc(NC(=O)C3CC3)nn12. The van der Waals surface area contributed by atoms with Crippen LogP contribution in [-0.2, 0) is 4.79 Å². The highest BCUT2D eigenvalue weighted by Crippen LogP contribution is 2.29. The minimum Gasteiger partial charge on any atom is -0.363 e. The molecule has 0 radical (unpaired) electrons. The molecule has 1 aliphatic rings. The number of hydrogen-bond acceptors (Lipinski definition) is 4. The fraction of sp³-hybridized carbons (Fsp3) is 0.417. The Bertz CT molecular complexity index is 600. The van der Waals surface area contributed by atoms with Crippen molar-refractivity contribution in [2.75, 3.05) is 24.3 Å². The number of nitrogens with one attached hydrogen (secondary N) is 1. The van der Waals surface area contributed by atoms with Crippen LogP contribution in [0.1, 0.15) is 12.8 Å². The molecule has 0 aromatic carbocycles. The molecule has 2 aromatic heterocycles. The number of nitrogens with zero attached hydrogens (tertiary/aromatic N) is 4. The summed E-state index contributed by atoms with van der Waals surface area (Å²) in [5.41, 5.74) is 0.729. The van der Waals surface area contributed by atoms with E-state index in [2.05, 4.69) is 15.4 Å². The molecular formula is C12H15N5O. The quantitative estimate of drug-likeness (QED) is 0.881. The lowest BCUT2D eigenvalue weighted by atomic mass is 10.4. The third kappa shape index (κ3) is 1.90. The lowest BCUT2D eigenvalue weighted by Gasteiger charge is -2.12. The maximum Gasteiger partial charge on any atom is 0.249 e. The summed E-state index contributed by atoms with van der Waals surface area (Å²) in [7, 11) is 3.89. The number of pyridine rings is 1. The molecule has 6 nitrogen and oxygen atoms in total. The number of hydrogen-bond donors (Lipinski definition) is 1. The molecule has 1 saturated carbocycles. The average molecular weight is 245 g/mol. The van der Waals surface area contributed by atoms with E-state index in [0.717, 1.165) is 24.3 Å². The Hall–Kier alpha value is -2.11. The first kappa shape index (κ1) is 11.0. The van der Waals surface area contributed by atoms with Crippen molar-refractivity contribution in [3.63, 3.8) is 0 Å². The highest BCUT2D eigenvalue weighted by atomic mass is 16.2. The van der Waals surface area contributed by atoms with Crippen LogP contribution in [0.25, 0.3) is 5.65 Å². The fourth-order valence-electron chi connectivity index (χ4n) is 1.84. The second-order valence-electron chi connectivity index (χ2n) is 4.75. The first-order valence-corrected chi connectivity index (χ1v) is 5.99. The van der Waals surface area contributed by atoms with Gasteiger partial charge in [0, 0.05) is 20.0 Å². The summed E-state index contributed by atoms with van der Waals surface area (Å²) in [6, 6.07) is 5.74. The zero-order valence-corrected chi connectivity index (χ0v) is 10.4. The van der Waals surface area contributed by atoms with Gasteiger partial charge in [0.1, 0.15) is 5.82 Å². The maximum atomic E-state index is 11.7. The highest BCUT2D eigenvalue weighted by Gasteiger charge is 2.30. The van der Waals surface area contributed by atoms with Crippen LogP contribution >= 0.6 is 0 Å². The predicted octanol–water partition coefficient (Wildman–Crippen LogP) is 1.14. The van der Waals surface area contributed by atoms with Gasteiger partial charge in [-0.25, -0.2) is 0 Å². The lowest BCUT2D eigenvalue weighted by Crippen LogP contribution is -2.15. The van der Waals surface area contributed by atoms with Crippen LogP contribution < -0.4 is 10.2 Å². The fourth-order valence-corrected chi connectivity index (χ4v) is 1.84. The molecule has 0 saturated heterocycles. The molecule has 0 aliphatic heterocycles. The van der Waals surface area contributed by atoms with E-state index in [1.807, 2.05) is 37.2 Å². The number of fused-ring (bicyclic) bond motifs is 1. The van der Waals surface area contributed by atoms with E-state index < -0.39 is 0 Å². The van der Waals surface area contributed by atoms with Gasteiger partial charge in [-0.05, 0) is 25.0 Å². The van der Waals surface area contributed by atoms with Gasteiger partial charge in [0.2, 0.25) is 11.9 Å². The van der Waals surface area contributed by atoms with Crippen molar-refractivity contribution in [3.8, 4) is 0 Å². The van der Waals surface area contributed by atoms with Crippen LogP contribution in [0.4, 0.5) is 11.8 Å². The summed E-state index contributed by atoms with van der Waals surface area (Å²) >= 11 is 0. The second kappa shape index (κ2) is 3.97. The van der Waals surface area contributed by atoms with Crippen LogP contribution in [-0.4, -0.2) is 34.6 Å². The molecule has 1 amide bonds. The van der Waals surface area contributed by atoms with Crippen molar-refractivity contribution < 1.29 is 4.79 Å². The zero-order chi connectivity index (χ0) is 12.7. The third-order valence-electron chi connectivity index (χ3n) is 2.98. The summed E-state index contributed by atoms with van der Waals surface area (Å²) in [6.45, 7) is 0. The Morgan fingerprint density at radius 1 is 1.44 bits per heavy atom. The Balaban J connectivity index is 1.94. The van der Waals surface area contributed by atoms with E-state index >= 15 is 0 Å². The maximum absolute atomic E-state index is 11.7. The molecule has 0 spiro atoms. The number of carbonyl (C=O) groups excluding carboxylic acids is 1. The van der Waals surface area contributed by atoms with E-state index in [1.165, 1.54) is 0 Å². The van der Waals surface area contributed by atoms with Crippen molar-refractivity contribution in [1.29, 1.82) is 0 Å². The van der Waals surface area contributed by atoms with Gasteiger partial charge in [0.15, 0.2) is 5.65 Å². The largest absolute Gasteiger partial charge is 0.363 e. The van der Waals surface area contributed by atoms with Crippen LogP contribution in [0.3, 0.4) is 0 Å². The van der Waals surface area contributed by atoms with Gasteiger partial charge in [-0.2, -0.15) is 9.50 Å². The zero-order valence-electron chi connectivity index (χ0n) is 10.4. The molecule has 6 heteroatoms. The molecule has 1 N–H and O–H groups in total. The van der Waals surface area contributed by atoms with E-state index in [0.29, 0.717) is 5.95 Å². The first-order chi connectivity index (χ1) is 8.65. The Labute approximate surface area is 105 Å². The molecular weight excluding hydrogens is 230 g/mol. The van der Waals surface area contributed by atoms with Crippen LogP contribution in [0.2, 0.25) is 0 Å². The van der Waals surface area contributed by atoms with Gasteiger partial charge >= 0.3 is 0 Å². The summed E-state index contributed by atoms with van der Waals surface area (Å²) in [5.74, 6) is 1.48. The Morgan fingerprint density at radius 2 is 2.22 bits per heavy atom. The highest BCUT2D eigenvalue weighted by molar-refractivity contribution is 5.92. The molecule has 3 rings (SSSR count). The Kier molecular flexibility index (Phi) is 2.43. The van der Waals surface area contributed by atoms with E-state index in [4.69, 9.17) is 0 Å². The standard InChI is InChI=1S/C12H15N5O/c1-16(2)10-5-3-4-9-13-12(15-17(9)10)14-11(18)8-6-7-8/h3-5,8H,6-7H2,1-2H3,(H,14,15,18). The molecule has 0 unspecified atom stereocenters. The van der Waals surface area contributed by atoms with E-state index in [9.17, 15) is 4.79 Å². The van der Waals surface area contributed by atoms with Crippen LogP contribution in [0.5, 0.6) is 0 Å². The monoisotopic (exact) mass is 245 g/mol. The predicted molar refractivity (Wildman–Crippen MR) is 68.7 cm³/mol. The molecule has 0 atom stereocenters. The van der Waals surface area contributed by atoms with Gasteiger partial charge < -0.3 is 4.90 Å². The Morgan fingerprint density at radius 3 is 2.89 bits per heavy atom.